The summed E-state index contributed by atoms with van der Waals surface area (Å²) in [4.78, 5) is 24.9. The predicted octanol–water partition coefficient (Wildman–Crippen LogP) is 2.47. The first-order chi connectivity index (χ1) is 10.1. The van der Waals surface area contributed by atoms with Crippen LogP contribution in [0.4, 0.5) is 0 Å². The number of hydrogen-bond donors (Lipinski definition) is 1. The second-order valence-electron chi connectivity index (χ2n) is 5.37. The Morgan fingerprint density at radius 2 is 1.86 bits per heavy atom. The van der Waals surface area contributed by atoms with E-state index in [9.17, 15) is 9.59 Å². The lowest BCUT2D eigenvalue weighted by Crippen LogP contribution is -2.35. The monoisotopic (exact) mass is 291 g/mol. The van der Waals surface area contributed by atoms with E-state index < -0.39 is 5.97 Å². The Morgan fingerprint density at radius 3 is 2.48 bits per heavy atom. The van der Waals surface area contributed by atoms with Gasteiger partial charge >= 0.3 is 5.97 Å². The van der Waals surface area contributed by atoms with Gasteiger partial charge in [0, 0.05) is 13.1 Å². The summed E-state index contributed by atoms with van der Waals surface area (Å²) in [6, 6.07) is 4.68. The molecule has 0 spiro atoms. The predicted molar refractivity (Wildman–Crippen MR) is 78.7 cm³/mol. The zero-order chi connectivity index (χ0) is 15.2. The number of aromatic carboxylic acids is 1. The average Bonchev–Trinajstić information content (AvgIpc) is 2.75. The SMILES string of the molecule is Cc1ccc(C(=O)O)cc1OCC(=O)N1CCCCCC1. The molecule has 0 saturated carbocycles. The minimum Gasteiger partial charge on any atom is -0.483 e. The van der Waals surface area contributed by atoms with E-state index in [0.29, 0.717) is 5.75 Å². The Hall–Kier alpha value is -2.04. The van der Waals surface area contributed by atoms with Gasteiger partial charge in [-0.25, -0.2) is 4.79 Å². The van der Waals surface area contributed by atoms with Crippen LogP contribution >= 0.6 is 0 Å². The quantitative estimate of drug-likeness (QED) is 0.925. The van der Waals surface area contributed by atoms with Gasteiger partial charge in [-0.2, -0.15) is 0 Å². The van der Waals surface area contributed by atoms with Crippen molar-refractivity contribution in [2.45, 2.75) is 32.6 Å². The summed E-state index contributed by atoms with van der Waals surface area (Å²) in [5, 5.41) is 8.98. The lowest BCUT2D eigenvalue weighted by atomic mass is 10.1. The molecular weight excluding hydrogens is 270 g/mol. The van der Waals surface area contributed by atoms with Crippen LogP contribution in [0.5, 0.6) is 5.75 Å². The fraction of sp³-hybridized carbons (Fsp3) is 0.500. The molecule has 1 N–H and O–H groups in total. The highest BCUT2D eigenvalue weighted by Crippen LogP contribution is 2.20. The molecule has 21 heavy (non-hydrogen) atoms. The number of likely N-dealkylation sites (tertiary alicyclic amines) is 1. The maximum Gasteiger partial charge on any atom is 0.335 e. The van der Waals surface area contributed by atoms with Crippen LogP contribution in [0.25, 0.3) is 0 Å². The minimum atomic E-state index is -1.00. The summed E-state index contributed by atoms with van der Waals surface area (Å²) in [5.41, 5.74) is 0.987. The minimum absolute atomic E-state index is 0.0305. The topological polar surface area (TPSA) is 66.8 Å². The second kappa shape index (κ2) is 7.11. The van der Waals surface area contributed by atoms with Crippen molar-refractivity contribution >= 4 is 11.9 Å². The molecule has 1 aliphatic rings. The molecule has 1 aliphatic heterocycles. The summed E-state index contributed by atoms with van der Waals surface area (Å²) in [6.45, 7) is 3.37. The van der Waals surface area contributed by atoms with Crippen LogP contribution in [-0.4, -0.2) is 41.6 Å². The van der Waals surface area contributed by atoms with Crippen LogP contribution in [-0.2, 0) is 4.79 Å². The van der Waals surface area contributed by atoms with Crippen LogP contribution in [0.2, 0.25) is 0 Å². The van der Waals surface area contributed by atoms with Gasteiger partial charge in [0.1, 0.15) is 5.75 Å². The molecule has 0 aromatic heterocycles. The van der Waals surface area contributed by atoms with Crippen molar-refractivity contribution in [1.82, 2.24) is 4.90 Å². The molecule has 0 radical (unpaired) electrons. The van der Waals surface area contributed by atoms with Crippen molar-refractivity contribution in [2.24, 2.45) is 0 Å². The molecule has 0 aliphatic carbocycles. The normalized spacial score (nSPS) is 15.4. The fourth-order valence-electron chi connectivity index (χ4n) is 2.44. The maximum atomic E-state index is 12.1. The number of rotatable bonds is 4. The Morgan fingerprint density at radius 1 is 1.19 bits per heavy atom. The smallest absolute Gasteiger partial charge is 0.335 e. The fourth-order valence-corrected chi connectivity index (χ4v) is 2.44. The number of nitrogens with zero attached hydrogens (tertiary/aromatic N) is 1. The number of carboxylic acids is 1. The van der Waals surface area contributed by atoms with E-state index in [-0.39, 0.29) is 18.1 Å². The second-order valence-corrected chi connectivity index (χ2v) is 5.37. The Balaban J connectivity index is 1.97. The first kappa shape index (κ1) is 15.4. The number of hydrogen-bond acceptors (Lipinski definition) is 3. The number of carbonyl (C=O) groups excluding carboxylic acids is 1. The van der Waals surface area contributed by atoms with Crippen molar-refractivity contribution in [3.05, 3.63) is 29.3 Å². The zero-order valence-corrected chi connectivity index (χ0v) is 12.3. The third kappa shape index (κ3) is 4.21. The molecule has 114 valence electrons. The van der Waals surface area contributed by atoms with E-state index in [0.717, 1.165) is 31.5 Å². The third-order valence-corrected chi connectivity index (χ3v) is 3.75. The number of benzene rings is 1. The lowest BCUT2D eigenvalue weighted by Gasteiger charge is -2.20. The molecule has 5 nitrogen and oxygen atoms in total. The van der Waals surface area contributed by atoms with Crippen molar-refractivity contribution in [3.8, 4) is 5.75 Å². The van der Waals surface area contributed by atoms with Crippen molar-refractivity contribution in [1.29, 1.82) is 0 Å². The van der Waals surface area contributed by atoms with Gasteiger partial charge in [0.25, 0.3) is 5.91 Å². The largest absolute Gasteiger partial charge is 0.483 e. The van der Waals surface area contributed by atoms with Crippen molar-refractivity contribution in [3.63, 3.8) is 0 Å². The van der Waals surface area contributed by atoms with Gasteiger partial charge < -0.3 is 14.7 Å². The highest BCUT2D eigenvalue weighted by atomic mass is 16.5. The standard InChI is InChI=1S/C16H21NO4/c1-12-6-7-13(16(19)20)10-14(12)21-11-15(18)17-8-4-2-3-5-9-17/h6-7,10H,2-5,8-9,11H2,1H3,(H,19,20). The lowest BCUT2D eigenvalue weighted by molar-refractivity contribution is -0.133. The van der Waals surface area contributed by atoms with E-state index in [2.05, 4.69) is 0 Å². The number of ether oxygens (including phenoxy) is 1. The first-order valence-corrected chi connectivity index (χ1v) is 7.32. The Bertz CT molecular complexity index is 519. The van der Waals surface area contributed by atoms with Crippen LogP contribution < -0.4 is 4.74 Å². The molecule has 1 amide bonds. The number of carboxylic acid groups (broad SMARTS) is 1. The van der Waals surface area contributed by atoms with Gasteiger partial charge in [-0.15, -0.1) is 0 Å². The van der Waals surface area contributed by atoms with Gasteiger partial charge in [-0.05, 0) is 37.5 Å². The van der Waals surface area contributed by atoms with E-state index in [1.165, 1.54) is 25.0 Å². The van der Waals surface area contributed by atoms with Gasteiger partial charge in [0.05, 0.1) is 5.56 Å². The summed E-state index contributed by atoms with van der Waals surface area (Å²) in [6.07, 6.45) is 4.42. The zero-order valence-electron chi connectivity index (χ0n) is 12.3. The summed E-state index contributed by atoms with van der Waals surface area (Å²) >= 11 is 0. The molecule has 0 bridgehead atoms. The van der Waals surface area contributed by atoms with E-state index >= 15 is 0 Å². The maximum absolute atomic E-state index is 12.1. The van der Waals surface area contributed by atoms with Crippen LogP contribution in [0, 0.1) is 6.92 Å². The number of amides is 1. The van der Waals surface area contributed by atoms with Crippen LogP contribution in [0.3, 0.4) is 0 Å². The Labute approximate surface area is 124 Å². The highest BCUT2D eigenvalue weighted by molar-refractivity contribution is 5.88. The van der Waals surface area contributed by atoms with E-state index in [4.69, 9.17) is 9.84 Å². The van der Waals surface area contributed by atoms with Crippen LogP contribution in [0.1, 0.15) is 41.6 Å². The van der Waals surface area contributed by atoms with E-state index in [1.54, 1.807) is 6.07 Å². The number of carbonyl (C=O) groups is 2. The third-order valence-electron chi connectivity index (χ3n) is 3.75. The number of aryl methyl sites for hydroxylation is 1. The molecule has 0 unspecified atom stereocenters. The van der Waals surface area contributed by atoms with Gasteiger partial charge in [-0.1, -0.05) is 18.9 Å². The van der Waals surface area contributed by atoms with Gasteiger partial charge in [0.2, 0.25) is 0 Å². The average molecular weight is 291 g/mol. The summed E-state index contributed by atoms with van der Waals surface area (Å²) in [7, 11) is 0. The summed E-state index contributed by atoms with van der Waals surface area (Å²) in [5.74, 6) is -0.575. The molecule has 0 atom stereocenters. The molecule has 1 aromatic carbocycles. The van der Waals surface area contributed by atoms with Gasteiger partial charge in [-0.3, -0.25) is 4.79 Å². The Kier molecular flexibility index (Phi) is 5.20. The molecule has 1 aromatic rings. The van der Waals surface area contributed by atoms with Crippen LogP contribution in [0.15, 0.2) is 18.2 Å². The molecular formula is C16H21NO4. The first-order valence-electron chi connectivity index (χ1n) is 7.32. The van der Waals surface area contributed by atoms with Gasteiger partial charge in [0.15, 0.2) is 6.61 Å². The molecule has 1 fully saturated rings. The molecule has 1 heterocycles. The molecule has 2 rings (SSSR count). The molecule has 1 saturated heterocycles. The summed E-state index contributed by atoms with van der Waals surface area (Å²) < 4.78 is 5.53. The molecule has 5 heteroatoms. The highest BCUT2D eigenvalue weighted by Gasteiger charge is 2.16. The van der Waals surface area contributed by atoms with E-state index in [1.807, 2.05) is 11.8 Å². The van der Waals surface area contributed by atoms with Crippen molar-refractivity contribution < 1.29 is 19.4 Å². The van der Waals surface area contributed by atoms with Crippen molar-refractivity contribution in [2.75, 3.05) is 19.7 Å².